The third-order valence-electron chi connectivity index (χ3n) is 4.98. The molecule has 0 radical (unpaired) electrons. The molecule has 0 atom stereocenters. The third-order valence-corrected chi connectivity index (χ3v) is 4.98. The molecule has 0 spiro atoms. The molecule has 1 nitrogen and oxygen atoms in total. The summed E-state index contributed by atoms with van der Waals surface area (Å²) in [7, 11) is 0. The van der Waals surface area contributed by atoms with E-state index in [-0.39, 0.29) is 5.41 Å². The van der Waals surface area contributed by atoms with Crippen molar-refractivity contribution >= 4 is 5.78 Å². The second-order valence-corrected chi connectivity index (χ2v) is 6.00. The SMILES string of the molecule is O=C(C1CCC1)C1(c2ccccc2)CCCCC1. The number of benzene rings is 1. The number of carbonyl (C=O) groups excluding carboxylic acids is 1. The third kappa shape index (κ3) is 1.90. The van der Waals surface area contributed by atoms with Gasteiger partial charge in [0, 0.05) is 5.92 Å². The zero-order valence-electron chi connectivity index (χ0n) is 11.0. The van der Waals surface area contributed by atoms with Gasteiger partial charge in [0.1, 0.15) is 5.78 Å². The molecule has 1 heteroatoms. The molecule has 0 heterocycles. The molecule has 0 unspecified atom stereocenters. The smallest absolute Gasteiger partial charge is 0.146 e. The minimum Gasteiger partial charge on any atom is -0.298 e. The predicted molar refractivity (Wildman–Crippen MR) is 73.6 cm³/mol. The molecule has 96 valence electrons. The van der Waals surface area contributed by atoms with Crippen LogP contribution >= 0.6 is 0 Å². The highest BCUT2D eigenvalue weighted by atomic mass is 16.1. The Morgan fingerprint density at radius 2 is 1.61 bits per heavy atom. The number of carbonyl (C=O) groups is 1. The predicted octanol–water partition coefficient (Wildman–Crippen LogP) is 4.26. The molecule has 0 amide bonds. The number of ketones is 1. The van der Waals surface area contributed by atoms with E-state index in [2.05, 4.69) is 24.3 Å². The summed E-state index contributed by atoms with van der Waals surface area (Å²) >= 11 is 0. The first-order valence-corrected chi connectivity index (χ1v) is 7.43. The van der Waals surface area contributed by atoms with Crippen molar-refractivity contribution in [3.05, 3.63) is 35.9 Å². The second-order valence-electron chi connectivity index (χ2n) is 6.00. The van der Waals surface area contributed by atoms with Gasteiger partial charge < -0.3 is 0 Å². The van der Waals surface area contributed by atoms with Gasteiger partial charge in [0.2, 0.25) is 0 Å². The standard InChI is InChI=1S/C17H22O/c18-16(14-8-7-9-14)17(12-5-2-6-13-17)15-10-3-1-4-11-15/h1,3-4,10-11,14H,2,5-9,12-13H2. The van der Waals surface area contributed by atoms with E-state index in [9.17, 15) is 4.79 Å². The molecule has 2 aliphatic rings. The number of Topliss-reactive ketones (excluding diaryl/α,β-unsaturated/α-hetero) is 1. The van der Waals surface area contributed by atoms with Gasteiger partial charge in [0.25, 0.3) is 0 Å². The van der Waals surface area contributed by atoms with Crippen molar-refractivity contribution < 1.29 is 4.79 Å². The van der Waals surface area contributed by atoms with Gasteiger partial charge in [0.05, 0.1) is 5.41 Å². The van der Waals surface area contributed by atoms with Crippen molar-refractivity contribution in [1.29, 1.82) is 0 Å². The van der Waals surface area contributed by atoms with Crippen LogP contribution in [0.5, 0.6) is 0 Å². The molecular weight excluding hydrogens is 220 g/mol. The van der Waals surface area contributed by atoms with E-state index < -0.39 is 0 Å². The van der Waals surface area contributed by atoms with Gasteiger partial charge in [-0.15, -0.1) is 0 Å². The highest BCUT2D eigenvalue weighted by Crippen LogP contribution is 2.45. The lowest BCUT2D eigenvalue weighted by molar-refractivity contribution is -0.132. The van der Waals surface area contributed by atoms with Crippen molar-refractivity contribution in [1.82, 2.24) is 0 Å². The Labute approximate surface area is 110 Å². The molecule has 2 saturated carbocycles. The van der Waals surface area contributed by atoms with Crippen LogP contribution in [0.1, 0.15) is 56.9 Å². The zero-order chi connectivity index (χ0) is 12.4. The molecule has 18 heavy (non-hydrogen) atoms. The Morgan fingerprint density at radius 1 is 0.944 bits per heavy atom. The van der Waals surface area contributed by atoms with Gasteiger partial charge in [0.15, 0.2) is 0 Å². The first-order chi connectivity index (χ1) is 8.83. The summed E-state index contributed by atoms with van der Waals surface area (Å²) in [6, 6.07) is 10.6. The molecular formula is C17H22O. The van der Waals surface area contributed by atoms with E-state index in [1.165, 1.54) is 31.2 Å². The first kappa shape index (κ1) is 12.0. The molecule has 1 aromatic carbocycles. The summed E-state index contributed by atoms with van der Waals surface area (Å²) in [5.74, 6) is 0.919. The van der Waals surface area contributed by atoms with E-state index in [1.54, 1.807) is 0 Å². The summed E-state index contributed by atoms with van der Waals surface area (Å²) in [5.41, 5.74) is 1.14. The summed E-state index contributed by atoms with van der Waals surface area (Å²) in [5, 5.41) is 0. The fourth-order valence-electron chi connectivity index (χ4n) is 3.65. The van der Waals surface area contributed by atoms with Gasteiger partial charge in [-0.05, 0) is 31.2 Å². The topological polar surface area (TPSA) is 17.1 Å². The summed E-state index contributed by atoms with van der Waals surface area (Å²) < 4.78 is 0. The average molecular weight is 242 g/mol. The first-order valence-electron chi connectivity index (χ1n) is 7.43. The van der Waals surface area contributed by atoms with Crippen LogP contribution in [-0.4, -0.2) is 5.78 Å². The number of rotatable bonds is 3. The molecule has 0 saturated heterocycles. The highest BCUT2D eigenvalue weighted by molar-refractivity contribution is 5.92. The van der Waals surface area contributed by atoms with Crippen molar-refractivity contribution in [3.8, 4) is 0 Å². The van der Waals surface area contributed by atoms with Crippen molar-refractivity contribution in [2.24, 2.45) is 5.92 Å². The van der Waals surface area contributed by atoms with Crippen molar-refractivity contribution in [3.63, 3.8) is 0 Å². The maximum Gasteiger partial charge on any atom is 0.146 e. The summed E-state index contributed by atoms with van der Waals surface area (Å²) in [4.78, 5) is 12.9. The van der Waals surface area contributed by atoms with E-state index >= 15 is 0 Å². The molecule has 2 fully saturated rings. The van der Waals surface area contributed by atoms with E-state index in [0.29, 0.717) is 11.7 Å². The quantitative estimate of drug-likeness (QED) is 0.774. The second kappa shape index (κ2) is 4.87. The summed E-state index contributed by atoms with van der Waals surface area (Å²) in [6.07, 6.45) is 9.40. The Hall–Kier alpha value is -1.11. The zero-order valence-corrected chi connectivity index (χ0v) is 11.0. The Bertz CT molecular complexity index is 410. The molecule has 2 aliphatic carbocycles. The molecule has 0 N–H and O–H groups in total. The Morgan fingerprint density at radius 3 is 2.17 bits per heavy atom. The lowest BCUT2D eigenvalue weighted by Crippen LogP contribution is -2.43. The van der Waals surface area contributed by atoms with Gasteiger partial charge in [-0.3, -0.25) is 4.79 Å². The molecule has 0 aromatic heterocycles. The van der Waals surface area contributed by atoms with E-state index in [0.717, 1.165) is 25.7 Å². The van der Waals surface area contributed by atoms with Crippen molar-refractivity contribution in [2.75, 3.05) is 0 Å². The van der Waals surface area contributed by atoms with Gasteiger partial charge in [-0.1, -0.05) is 56.0 Å². The lowest BCUT2D eigenvalue weighted by Gasteiger charge is -2.41. The van der Waals surface area contributed by atoms with Crippen LogP contribution in [0, 0.1) is 5.92 Å². The molecule has 0 aliphatic heterocycles. The van der Waals surface area contributed by atoms with Crippen LogP contribution in [0.25, 0.3) is 0 Å². The maximum atomic E-state index is 12.9. The minimum absolute atomic E-state index is 0.134. The monoisotopic (exact) mass is 242 g/mol. The fraction of sp³-hybridized carbons (Fsp3) is 0.588. The largest absolute Gasteiger partial charge is 0.298 e. The van der Waals surface area contributed by atoms with E-state index in [1.807, 2.05) is 6.07 Å². The lowest BCUT2D eigenvalue weighted by atomic mass is 9.61. The number of hydrogen-bond donors (Lipinski definition) is 0. The molecule has 3 rings (SSSR count). The van der Waals surface area contributed by atoms with Gasteiger partial charge in [-0.25, -0.2) is 0 Å². The highest BCUT2D eigenvalue weighted by Gasteiger charge is 2.44. The maximum absolute atomic E-state index is 12.9. The van der Waals surface area contributed by atoms with Crippen LogP contribution < -0.4 is 0 Å². The van der Waals surface area contributed by atoms with E-state index in [4.69, 9.17) is 0 Å². The fourth-order valence-corrected chi connectivity index (χ4v) is 3.65. The van der Waals surface area contributed by atoms with Crippen LogP contribution in [0.4, 0.5) is 0 Å². The Kier molecular flexibility index (Phi) is 3.23. The molecule has 0 bridgehead atoms. The van der Waals surface area contributed by atoms with Crippen LogP contribution in [0.2, 0.25) is 0 Å². The summed E-state index contributed by atoms with van der Waals surface area (Å²) in [6.45, 7) is 0. The Balaban J connectivity index is 1.95. The minimum atomic E-state index is -0.134. The van der Waals surface area contributed by atoms with Crippen LogP contribution in [-0.2, 0) is 10.2 Å². The van der Waals surface area contributed by atoms with Crippen LogP contribution in [0.15, 0.2) is 30.3 Å². The van der Waals surface area contributed by atoms with Gasteiger partial charge >= 0.3 is 0 Å². The van der Waals surface area contributed by atoms with Crippen LogP contribution in [0.3, 0.4) is 0 Å². The van der Waals surface area contributed by atoms with Crippen molar-refractivity contribution in [2.45, 2.75) is 56.8 Å². The van der Waals surface area contributed by atoms with Gasteiger partial charge in [-0.2, -0.15) is 0 Å². The number of hydrogen-bond acceptors (Lipinski definition) is 1. The molecule has 1 aromatic rings. The average Bonchev–Trinajstić information content (AvgIpc) is 2.38. The normalized spacial score (nSPS) is 23.3.